The molecule has 0 nitrogen and oxygen atoms in total. The van der Waals surface area contributed by atoms with Crippen LogP contribution < -0.4 is 0 Å². The van der Waals surface area contributed by atoms with Gasteiger partial charge in [0.15, 0.2) is 0 Å². The minimum atomic E-state index is 0.937. The van der Waals surface area contributed by atoms with Crippen molar-refractivity contribution in [3.05, 3.63) is 12.2 Å². The average molecular weight is 281 g/mol. The van der Waals surface area contributed by atoms with Crippen molar-refractivity contribution >= 4 is 0 Å². The van der Waals surface area contributed by atoms with E-state index in [0.29, 0.717) is 0 Å². The van der Waals surface area contributed by atoms with Crippen LogP contribution >= 0.6 is 0 Å². The Balaban J connectivity index is 3.26. The van der Waals surface area contributed by atoms with E-state index < -0.39 is 0 Å². The minimum absolute atomic E-state index is 0.937. The minimum Gasteiger partial charge on any atom is -0.0888 e. The zero-order valence-corrected chi connectivity index (χ0v) is 14.6. The van der Waals surface area contributed by atoms with Gasteiger partial charge in [-0.05, 0) is 18.8 Å². The monoisotopic (exact) mass is 280 g/mol. The Kier molecular flexibility index (Phi) is 16.6. The van der Waals surface area contributed by atoms with Crippen molar-refractivity contribution in [2.24, 2.45) is 5.92 Å². The van der Waals surface area contributed by atoms with Gasteiger partial charge in [0, 0.05) is 0 Å². The van der Waals surface area contributed by atoms with Crippen LogP contribution in [0, 0.1) is 5.92 Å². The zero-order chi connectivity index (χ0) is 14.9. The Labute approximate surface area is 129 Å². The molecule has 0 aliphatic carbocycles. The number of rotatable bonds is 15. The predicted molar refractivity (Wildman–Crippen MR) is 94.3 cm³/mol. The number of hydrogen-bond donors (Lipinski definition) is 0. The van der Waals surface area contributed by atoms with E-state index in [9.17, 15) is 0 Å². The lowest BCUT2D eigenvalue weighted by molar-refractivity contribution is 0.441. The van der Waals surface area contributed by atoms with Gasteiger partial charge in [-0.25, -0.2) is 0 Å². The summed E-state index contributed by atoms with van der Waals surface area (Å²) in [6.45, 7) is 6.86. The van der Waals surface area contributed by atoms with E-state index in [1.165, 1.54) is 89.9 Å². The van der Waals surface area contributed by atoms with Gasteiger partial charge >= 0.3 is 0 Å². The smallest absolute Gasteiger partial charge is 0.0322 e. The highest BCUT2D eigenvalue weighted by molar-refractivity contribution is 4.82. The van der Waals surface area contributed by atoms with E-state index in [1.807, 2.05) is 0 Å². The third kappa shape index (κ3) is 14.2. The molecule has 0 amide bonds. The van der Waals surface area contributed by atoms with E-state index in [4.69, 9.17) is 0 Å². The van der Waals surface area contributed by atoms with Gasteiger partial charge in [-0.1, -0.05) is 110 Å². The molecule has 0 heteroatoms. The summed E-state index contributed by atoms with van der Waals surface area (Å²) in [6.07, 6.45) is 24.5. The Hall–Kier alpha value is -0.260. The van der Waals surface area contributed by atoms with Gasteiger partial charge in [0.25, 0.3) is 0 Å². The normalized spacial score (nSPS) is 13.2. The van der Waals surface area contributed by atoms with Crippen molar-refractivity contribution < 1.29 is 0 Å². The van der Waals surface area contributed by atoms with Crippen molar-refractivity contribution in [3.8, 4) is 0 Å². The molecule has 0 saturated carbocycles. The summed E-state index contributed by atoms with van der Waals surface area (Å²) in [6, 6.07) is 0. The van der Waals surface area contributed by atoms with Crippen LogP contribution in [0.4, 0.5) is 0 Å². The first-order valence-corrected chi connectivity index (χ1v) is 9.50. The number of unbranched alkanes of at least 4 members (excludes halogenated alkanes) is 9. The fraction of sp³-hybridized carbons (Fsp3) is 0.900. The van der Waals surface area contributed by atoms with Crippen LogP contribution in [0.5, 0.6) is 0 Å². The lowest BCUT2D eigenvalue weighted by Crippen LogP contribution is -1.97. The van der Waals surface area contributed by atoms with E-state index >= 15 is 0 Å². The average Bonchev–Trinajstić information content (AvgIpc) is 2.47. The van der Waals surface area contributed by atoms with Crippen LogP contribution in [0.3, 0.4) is 0 Å². The van der Waals surface area contributed by atoms with E-state index in [-0.39, 0.29) is 0 Å². The molecule has 20 heavy (non-hydrogen) atoms. The van der Waals surface area contributed by atoms with Crippen molar-refractivity contribution in [2.75, 3.05) is 0 Å². The molecule has 0 heterocycles. The maximum absolute atomic E-state index is 2.39. The standard InChI is InChI=1S/C20H40/c1-4-7-9-10-11-12-13-14-15-17-19-20(6-3)18-16-8-5-2/h8,16,20H,4-7,9-15,17-19H2,1-3H3. The molecule has 0 bridgehead atoms. The van der Waals surface area contributed by atoms with Gasteiger partial charge in [0.05, 0.1) is 0 Å². The molecule has 0 N–H and O–H groups in total. The second kappa shape index (κ2) is 16.8. The summed E-state index contributed by atoms with van der Waals surface area (Å²) in [5, 5.41) is 0. The van der Waals surface area contributed by atoms with Crippen LogP contribution in [0.25, 0.3) is 0 Å². The molecule has 0 fully saturated rings. The van der Waals surface area contributed by atoms with Crippen molar-refractivity contribution in [1.82, 2.24) is 0 Å². The quantitative estimate of drug-likeness (QED) is 0.213. The molecule has 0 aliphatic rings. The molecule has 0 spiro atoms. The molecule has 1 atom stereocenters. The number of hydrogen-bond acceptors (Lipinski definition) is 0. The fourth-order valence-corrected chi connectivity index (χ4v) is 2.86. The summed E-state index contributed by atoms with van der Waals surface area (Å²) in [4.78, 5) is 0. The molecule has 0 radical (unpaired) electrons. The van der Waals surface area contributed by atoms with Gasteiger partial charge in [0.2, 0.25) is 0 Å². The summed E-state index contributed by atoms with van der Waals surface area (Å²) >= 11 is 0. The van der Waals surface area contributed by atoms with Gasteiger partial charge in [-0.2, -0.15) is 0 Å². The summed E-state index contributed by atoms with van der Waals surface area (Å²) in [7, 11) is 0. The SMILES string of the molecule is CCC=CCC(CC)CCCCCCCCCCCC. The molecule has 1 unspecified atom stereocenters. The van der Waals surface area contributed by atoms with Gasteiger partial charge in [-0.3, -0.25) is 0 Å². The first-order chi connectivity index (χ1) is 9.85. The molecule has 120 valence electrons. The second-order valence-electron chi connectivity index (χ2n) is 6.36. The van der Waals surface area contributed by atoms with E-state index in [1.54, 1.807) is 0 Å². The van der Waals surface area contributed by atoms with Crippen molar-refractivity contribution in [1.29, 1.82) is 0 Å². The number of allylic oxidation sites excluding steroid dienone is 2. The lowest BCUT2D eigenvalue weighted by Gasteiger charge is -2.12. The van der Waals surface area contributed by atoms with Gasteiger partial charge in [-0.15, -0.1) is 0 Å². The molecule has 0 aliphatic heterocycles. The summed E-state index contributed by atoms with van der Waals surface area (Å²) in [5.74, 6) is 0.937. The molecule has 0 aromatic heterocycles. The third-order valence-electron chi connectivity index (χ3n) is 4.42. The first-order valence-electron chi connectivity index (χ1n) is 9.50. The molecule has 0 aromatic rings. The van der Waals surface area contributed by atoms with Crippen LogP contribution in [0.1, 0.15) is 111 Å². The summed E-state index contributed by atoms with van der Waals surface area (Å²) in [5.41, 5.74) is 0. The van der Waals surface area contributed by atoms with Crippen LogP contribution in [-0.4, -0.2) is 0 Å². The first kappa shape index (κ1) is 19.7. The molecule has 0 aromatic carbocycles. The van der Waals surface area contributed by atoms with Gasteiger partial charge < -0.3 is 0 Å². The highest BCUT2D eigenvalue weighted by atomic mass is 14.1. The molecule has 0 saturated heterocycles. The zero-order valence-electron chi connectivity index (χ0n) is 14.6. The predicted octanol–water partition coefficient (Wildman–Crippen LogP) is 7.68. The third-order valence-corrected chi connectivity index (χ3v) is 4.42. The van der Waals surface area contributed by atoms with Crippen molar-refractivity contribution in [3.63, 3.8) is 0 Å². The highest BCUT2D eigenvalue weighted by Gasteiger charge is 2.03. The topological polar surface area (TPSA) is 0 Å². The van der Waals surface area contributed by atoms with E-state index in [2.05, 4.69) is 32.9 Å². The van der Waals surface area contributed by atoms with Gasteiger partial charge in [0.1, 0.15) is 0 Å². The molecule has 0 rings (SSSR count). The molecular formula is C20H40. The van der Waals surface area contributed by atoms with Crippen LogP contribution in [0.2, 0.25) is 0 Å². The Bertz CT molecular complexity index is 192. The second-order valence-corrected chi connectivity index (χ2v) is 6.36. The Morgan fingerprint density at radius 3 is 1.70 bits per heavy atom. The largest absolute Gasteiger partial charge is 0.0888 e. The highest BCUT2D eigenvalue weighted by Crippen LogP contribution is 2.19. The van der Waals surface area contributed by atoms with E-state index in [0.717, 1.165) is 5.92 Å². The maximum atomic E-state index is 2.39. The van der Waals surface area contributed by atoms with Crippen LogP contribution in [-0.2, 0) is 0 Å². The van der Waals surface area contributed by atoms with Crippen molar-refractivity contribution in [2.45, 2.75) is 111 Å². The lowest BCUT2D eigenvalue weighted by atomic mass is 9.94. The Morgan fingerprint density at radius 2 is 1.20 bits per heavy atom. The summed E-state index contributed by atoms with van der Waals surface area (Å²) < 4.78 is 0. The Morgan fingerprint density at radius 1 is 0.650 bits per heavy atom. The molecular weight excluding hydrogens is 240 g/mol. The maximum Gasteiger partial charge on any atom is -0.0322 e. The fourth-order valence-electron chi connectivity index (χ4n) is 2.86. The van der Waals surface area contributed by atoms with Crippen LogP contribution in [0.15, 0.2) is 12.2 Å².